The highest BCUT2D eigenvalue weighted by Crippen LogP contribution is 2.41. The first-order valence-corrected chi connectivity index (χ1v) is 15.9. The molecule has 7 heteroatoms. The van der Waals surface area contributed by atoms with Crippen LogP contribution in [-0.2, 0) is 4.74 Å². The molecule has 0 amide bonds. The van der Waals surface area contributed by atoms with E-state index in [9.17, 15) is 13.6 Å². The maximum absolute atomic E-state index is 13.6. The van der Waals surface area contributed by atoms with Crippen molar-refractivity contribution in [2.45, 2.75) is 70.8 Å². The number of hydrogen-bond acceptors (Lipinski definition) is 5. The number of esters is 1. The first-order valence-electron chi connectivity index (χ1n) is 15.9. The molecule has 0 radical (unpaired) electrons. The van der Waals surface area contributed by atoms with Crippen molar-refractivity contribution in [3.63, 3.8) is 0 Å². The molecule has 5 nitrogen and oxygen atoms in total. The number of hydrogen-bond donors (Lipinski definition) is 0. The largest absolute Gasteiger partial charge is 0.455 e. The predicted molar refractivity (Wildman–Crippen MR) is 167 cm³/mol. The Bertz CT molecular complexity index is 1290. The van der Waals surface area contributed by atoms with Crippen LogP contribution >= 0.6 is 0 Å². The van der Waals surface area contributed by atoms with Gasteiger partial charge < -0.3 is 9.64 Å². The van der Waals surface area contributed by atoms with E-state index >= 15 is 0 Å². The van der Waals surface area contributed by atoms with Crippen LogP contribution < -0.4 is 4.90 Å². The lowest BCUT2D eigenvalue weighted by molar-refractivity contribution is -0.0743. The van der Waals surface area contributed by atoms with Crippen molar-refractivity contribution in [1.29, 1.82) is 0 Å². The molecule has 1 aliphatic heterocycles. The second kappa shape index (κ2) is 14.0. The van der Waals surface area contributed by atoms with E-state index in [1.807, 2.05) is 36.4 Å². The van der Waals surface area contributed by atoms with Gasteiger partial charge in [-0.05, 0) is 98.0 Å². The molecule has 1 saturated heterocycles. The van der Waals surface area contributed by atoms with Gasteiger partial charge in [-0.1, -0.05) is 51.5 Å². The molecule has 2 heterocycles. The smallest absolute Gasteiger partial charge is 0.342 e. The molecule has 5 rings (SSSR count). The SMILES string of the molecule is CC1CCCC(OC(=O)c2cccnc2N2CCN(CCCC(c3ccc(F)cc3)c3ccc(F)cc3)CC2)(C(C)C)C1. The molecule has 1 aromatic heterocycles. The van der Waals surface area contributed by atoms with Gasteiger partial charge >= 0.3 is 5.97 Å². The summed E-state index contributed by atoms with van der Waals surface area (Å²) in [6.07, 6.45) is 7.69. The summed E-state index contributed by atoms with van der Waals surface area (Å²) in [5, 5.41) is 0. The van der Waals surface area contributed by atoms with Gasteiger partial charge in [0.05, 0.1) is 0 Å². The molecule has 2 fully saturated rings. The van der Waals surface area contributed by atoms with E-state index in [0.29, 0.717) is 17.3 Å². The zero-order valence-electron chi connectivity index (χ0n) is 25.8. The van der Waals surface area contributed by atoms with Crippen LogP contribution in [0, 0.1) is 23.5 Å². The third kappa shape index (κ3) is 7.61. The van der Waals surface area contributed by atoms with Crippen LogP contribution in [0.4, 0.5) is 14.6 Å². The van der Waals surface area contributed by atoms with E-state index in [2.05, 4.69) is 35.6 Å². The molecular formula is C36H45F2N3O2. The Morgan fingerprint density at radius 2 is 1.60 bits per heavy atom. The van der Waals surface area contributed by atoms with E-state index in [-0.39, 0.29) is 29.4 Å². The maximum atomic E-state index is 13.6. The van der Waals surface area contributed by atoms with Gasteiger partial charge in [0.2, 0.25) is 0 Å². The molecule has 2 aromatic carbocycles. The number of halogens is 2. The van der Waals surface area contributed by atoms with Gasteiger partial charge in [-0.25, -0.2) is 18.6 Å². The minimum Gasteiger partial charge on any atom is -0.455 e. The number of carbonyl (C=O) groups is 1. The van der Waals surface area contributed by atoms with Crippen molar-refractivity contribution in [2.24, 2.45) is 11.8 Å². The van der Waals surface area contributed by atoms with Gasteiger partial charge in [0.1, 0.15) is 28.6 Å². The van der Waals surface area contributed by atoms with Gasteiger partial charge in [-0.3, -0.25) is 4.90 Å². The summed E-state index contributed by atoms with van der Waals surface area (Å²) in [7, 11) is 0. The van der Waals surface area contributed by atoms with Crippen LogP contribution in [-0.4, -0.2) is 54.2 Å². The number of piperazine rings is 1. The molecule has 1 aliphatic carbocycles. The summed E-state index contributed by atoms with van der Waals surface area (Å²) < 4.78 is 33.6. The van der Waals surface area contributed by atoms with Crippen LogP contribution in [0.2, 0.25) is 0 Å². The third-order valence-electron chi connectivity index (χ3n) is 9.53. The fraction of sp³-hybridized carbons (Fsp3) is 0.500. The minimum absolute atomic E-state index is 0.0749. The highest BCUT2D eigenvalue weighted by Gasteiger charge is 2.42. The molecule has 0 bridgehead atoms. The molecule has 0 N–H and O–H groups in total. The monoisotopic (exact) mass is 589 g/mol. The lowest BCUT2D eigenvalue weighted by Gasteiger charge is -2.43. The van der Waals surface area contributed by atoms with E-state index in [0.717, 1.165) is 76.0 Å². The standard InChI is InChI=1S/C36H45F2N3O2/c1-26(2)36(18-4-7-27(3)25-36)43-35(42)33-8-5-19-39-34(33)41-23-21-40(22-24-41)20-6-9-32(28-10-14-30(37)15-11-28)29-12-16-31(38)17-13-29/h5,8,10-17,19,26-27,32H,4,6-7,9,18,20-25H2,1-3H3. The van der Waals surface area contributed by atoms with Gasteiger partial charge in [0.25, 0.3) is 0 Å². The first-order chi connectivity index (χ1) is 20.7. The molecule has 0 spiro atoms. The van der Waals surface area contributed by atoms with Crippen molar-refractivity contribution in [1.82, 2.24) is 9.88 Å². The number of ether oxygens (including phenoxy) is 1. The number of carbonyl (C=O) groups excluding carboxylic acids is 1. The lowest BCUT2D eigenvalue weighted by Crippen LogP contribution is -2.48. The van der Waals surface area contributed by atoms with Gasteiger partial charge in [0, 0.05) is 38.3 Å². The average molecular weight is 590 g/mol. The second-order valence-corrected chi connectivity index (χ2v) is 12.8. The van der Waals surface area contributed by atoms with Crippen molar-refractivity contribution >= 4 is 11.8 Å². The maximum Gasteiger partial charge on any atom is 0.342 e. The second-order valence-electron chi connectivity index (χ2n) is 12.8. The molecule has 1 saturated carbocycles. The van der Waals surface area contributed by atoms with E-state index in [4.69, 9.17) is 4.74 Å². The molecule has 2 aliphatic rings. The summed E-state index contributed by atoms with van der Waals surface area (Å²) >= 11 is 0. The normalized spacial score (nSPS) is 21.4. The van der Waals surface area contributed by atoms with Crippen LogP contribution in [0.3, 0.4) is 0 Å². The minimum atomic E-state index is -0.416. The van der Waals surface area contributed by atoms with Crippen molar-refractivity contribution in [3.05, 3.63) is 95.2 Å². The Kier molecular flexibility index (Phi) is 10.1. The third-order valence-corrected chi connectivity index (χ3v) is 9.53. The lowest BCUT2D eigenvalue weighted by atomic mass is 9.73. The average Bonchev–Trinajstić information content (AvgIpc) is 3.01. The van der Waals surface area contributed by atoms with Crippen LogP contribution in [0.15, 0.2) is 66.9 Å². The molecule has 2 unspecified atom stereocenters. The van der Waals surface area contributed by atoms with Gasteiger partial charge in [-0.15, -0.1) is 0 Å². The summed E-state index contributed by atoms with van der Waals surface area (Å²) in [6.45, 7) is 10.8. The van der Waals surface area contributed by atoms with Crippen LogP contribution in [0.25, 0.3) is 0 Å². The fourth-order valence-corrected chi connectivity index (χ4v) is 6.94. The number of nitrogens with zero attached hydrogens (tertiary/aromatic N) is 3. The van der Waals surface area contributed by atoms with E-state index in [1.165, 1.54) is 30.7 Å². The first kappa shape index (κ1) is 31.1. The Morgan fingerprint density at radius 1 is 0.977 bits per heavy atom. The molecule has 43 heavy (non-hydrogen) atoms. The summed E-state index contributed by atoms with van der Waals surface area (Å²) in [4.78, 5) is 22.9. The van der Waals surface area contributed by atoms with E-state index in [1.54, 1.807) is 6.20 Å². The summed E-state index contributed by atoms with van der Waals surface area (Å²) in [5.74, 6) is 0.814. The van der Waals surface area contributed by atoms with Crippen LogP contribution in [0.1, 0.15) is 86.7 Å². The van der Waals surface area contributed by atoms with E-state index < -0.39 is 5.60 Å². The molecule has 230 valence electrons. The topological polar surface area (TPSA) is 45.7 Å². The van der Waals surface area contributed by atoms with Crippen molar-refractivity contribution in [2.75, 3.05) is 37.6 Å². The Hall–Kier alpha value is -3.32. The van der Waals surface area contributed by atoms with Gasteiger partial charge in [0.15, 0.2) is 0 Å². The summed E-state index contributed by atoms with van der Waals surface area (Å²) in [6, 6.07) is 16.9. The quantitative estimate of drug-likeness (QED) is 0.225. The number of benzene rings is 2. The Morgan fingerprint density at radius 3 is 2.19 bits per heavy atom. The molecule has 2 atom stereocenters. The number of pyridine rings is 1. The zero-order valence-corrected chi connectivity index (χ0v) is 25.8. The highest BCUT2D eigenvalue weighted by molar-refractivity contribution is 5.95. The molecule has 3 aromatic rings. The molecular weight excluding hydrogens is 544 g/mol. The summed E-state index contributed by atoms with van der Waals surface area (Å²) in [5.41, 5.74) is 2.21. The zero-order chi connectivity index (χ0) is 30.4. The Balaban J connectivity index is 1.19. The highest BCUT2D eigenvalue weighted by atomic mass is 19.1. The van der Waals surface area contributed by atoms with Crippen molar-refractivity contribution < 1.29 is 18.3 Å². The van der Waals surface area contributed by atoms with Crippen LogP contribution in [0.5, 0.6) is 0 Å². The fourth-order valence-electron chi connectivity index (χ4n) is 6.94. The predicted octanol–water partition coefficient (Wildman–Crippen LogP) is 7.86. The number of aromatic nitrogens is 1. The van der Waals surface area contributed by atoms with Crippen molar-refractivity contribution in [3.8, 4) is 0 Å². The van der Waals surface area contributed by atoms with Gasteiger partial charge in [-0.2, -0.15) is 0 Å². The number of rotatable bonds is 10. The number of anilines is 1. The Labute approximate surface area is 255 Å².